The third-order valence-electron chi connectivity index (χ3n) is 12.2. The van der Waals surface area contributed by atoms with Gasteiger partial charge in [0.15, 0.2) is 5.82 Å². The topological polar surface area (TPSA) is 92.7 Å². The van der Waals surface area contributed by atoms with Crippen LogP contribution in [0.3, 0.4) is 0 Å². The van der Waals surface area contributed by atoms with Gasteiger partial charge >= 0.3 is 0 Å². The van der Waals surface area contributed by atoms with Crippen molar-refractivity contribution in [1.29, 1.82) is 10.5 Å². The third-order valence-corrected chi connectivity index (χ3v) is 12.2. The third kappa shape index (κ3) is 5.51. The summed E-state index contributed by atoms with van der Waals surface area (Å²) in [5, 5.41) is 21.7. The van der Waals surface area contributed by atoms with Crippen LogP contribution in [0.1, 0.15) is 61.1 Å². The second-order valence-corrected chi connectivity index (χ2v) is 16.3. The van der Waals surface area contributed by atoms with Gasteiger partial charge in [-0.2, -0.15) is 10.5 Å². The van der Waals surface area contributed by atoms with E-state index in [1.807, 2.05) is 54.6 Å². The molecule has 0 bridgehead atoms. The first-order chi connectivity index (χ1) is 29.2. The van der Waals surface area contributed by atoms with Crippen molar-refractivity contribution in [3.05, 3.63) is 197 Å². The zero-order valence-corrected chi connectivity index (χ0v) is 33.7. The van der Waals surface area contributed by atoms with E-state index in [4.69, 9.17) is 9.97 Å². The Bertz CT molecular complexity index is 2810. The molecule has 0 amide bonds. The van der Waals surface area contributed by atoms with Gasteiger partial charge in [-0.15, -0.1) is 0 Å². The largest absolute Gasteiger partial charge is 0.308 e. The van der Waals surface area contributed by atoms with E-state index in [-0.39, 0.29) is 10.8 Å². The maximum Gasteiger partial charge on any atom is 0.161 e. The van der Waals surface area contributed by atoms with Crippen LogP contribution < -0.4 is 9.80 Å². The van der Waals surface area contributed by atoms with E-state index < -0.39 is 0 Å². The molecule has 0 spiro atoms. The molecule has 2 aromatic heterocycles. The maximum absolute atomic E-state index is 10.9. The van der Waals surface area contributed by atoms with Crippen molar-refractivity contribution in [1.82, 2.24) is 15.0 Å². The SMILES string of the molecule is CC1(C)c2ccccc2N(c2c(C#N)cccc2-c2cc(-c3cccc(C#N)c3N3c4ccccc4C(C)(C)c4ccccc43)nc(-c3cccnc3)n2)c2ccccc21. The van der Waals surface area contributed by atoms with E-state index in [0.717, 1.165) is 73.1 Å². The van der Waals surface area contributed by atoms with Crippen molar-refractivity contribution in [3.8, 4) is 46.0 Å². The predicted molar refractivity (Wildman–Crippen MR) is 239 cm³/mol. The first-order valence-corrected chi connectivity index (χ1v) is 20.1. The van der Waals surface area contributed by atoms with E-state index in [1.165, 1.54) is 0 Å². The van der Waals surface area contributed by atoms with Gasteiger partial charge in [-0.05, 0) is 76.9 Å². The first kappa shape index (κ1) is 36.5. The number of pyridine rings is 1. The normalized spacial score (nSPS) is 14.2. The van der Waals surface area contributed by atoms with Crippen molar-refractivity contribution in [3.63, 3.8) is 0 Å². The predicted octanol–water partition coefficient (Wildman–Crippen LogP) is 12.8. The van der Waals surface area contributed by atoms with Gasteiger partial charge in [0.25, 0.3) is 0 Å². The highest BCUT2D eigenvalue weighted by molar-refractivity contribution is 5.98. The molecule has 286 valence electrons. The molecule has 2 aliphatic rings. The lowest BCUT2D eigenvalue weighted by Gasteiger charge is -2.42. The molecule has 0 fully saturated rings. The number of benzene rings is 6. The van der Waals surface area contributed by atoms with Gasteiger partial charge in [0.2, 0.25) is 0 Å². The highest BCUT2D eigenvalue weighted by Crippen LogP contribution is 2.56. The molecule has 7 heteroatoms. The fourth-order valence-electron chi connectivity index (χ4n) is 9.33. The molecule has 0 saturated carbocycles. The molecule has 60 heavy (non-hydrogen) atoms. The number of nitriles is 2. The minimum atomic E-state index is -0.288. The molecule has 0 atom stereocenters. The molecule has 7 nitrogen and oxygen atoms in total. The Hall–Kier alpha value is -7.87. The van der Waals surface area contributed by atoms with Gasteiger partial charge in [-0.25, -0.2) is 9.97 Å². The van der Waals surface area contributed by atoms with Crippen LogP contribution in [0.25, 0.3) is 33.9 Å². The van der Waals surface area contributed by atoms with Crippen LogP contribution >= 0.6 is 0 Å². The summed E-state index contributed by atoms with van der Waals surface area (Å²) >= 11 is 0. The summed E-state index contributed by atoms with van der Waals surface area (Å²) in [6.07, 6.45) is 3.50. The molecule has 2 aliphatic heterocycles. The number of aromatic nitrogens is 3. The number of hydrogen-bond acceptors (Lipinski definition) is 7. The lowest BCUT2D eigenvalue weighted by molar-refractivity contribution is 0.632. The number of rotatable bonds is 5. The van der Waals surface area contributed by atoms with Crippen molar-refractivity contribution in [2.75, 3.05) is 9.80 Å². The molecule has 0 saturated heterocycles. The van der Waals surface area contributed by atoms with E-state index in [0.29, 0.717) is 28.3 Å². The lowest BCUT2D eigenvalue weighted by Crippen LogP contribution is -2.31. The van der Waals surface area contributed by atoms with Crippen LogP contribution in [-0.4, -0.2) is 15.0 Å². The average molecular weight is 774 g/mol. The van der Waals surface area contributed by atoms with E-state index in [1.54, 1.807) is 12.4 Å². The smallest absolute Gasteiger partial charge is 0.161 e. The fraction of sp³-hybridized carbons (Fsp3) is 0.113. The summed E-state index contributed by atoms with van der Waals surface area (Å²) in [6, 6.07) is 56.3. The summed E-state index contributed by atoms with van der Waals surface area (Å²) in [4.78, 5) is 19.5. The second-order valence-electron chi connectivity index (χ2n) is 16.3. The van der Waals surface area contributed by atoms with Crippen LogP contribution in [0.15, 0.2) is 164 Å². The number of anilines is 6. The Kier molecular flexibility index (Phi) is 8.45. The zero-order chi connectivity index (χ0) is 41.2. The summed E-state index contributed by atoms with van der Waals surface area (Å²) in [5.74, 6) is 0.471. The van der Waals surface area contributed by atoms with Crippen molar-refractivity contribution < 1.29 is 0 Å². The van der Waals surface area contributed by atoms with E-state index >= 15 is 0 Å². The maximum atomic E-state index is 10.9. The Morgan fingerprint density at radius 3 is 1.23 bits per heavy atom. The molecule has 8 aromatic rings. The second kappa shape index (κ2) is 13.9. The number of fused-ring (bicyclic) bond motifs is 4. The van der Waals surface area contributed by atoms with Gasteiger partial charge in [-0.3, -0.25) is 4.98 Å². The number of nitrogens with zero attached hydrogens (tertiary/aromatic N) is 7. The van der Waals surface area contributed by atoms with Crippen molar-refractivity contribution >= 4 is 34.1 Å². The van der Waals surface area contributed by atoms with Gasteiger partial charge in [0, 0.05) is 39.9 Å². The molecule has 4 heterocycles. The van der Waals surface area contributed by atoms with Gasteiger partial charge < -0.3 is 9.80 Å². The average Bonchev–Trinajstić information content (AvgIpc) is 3.29. The molecule has 0 unspecified atom stereocenters. The van der Waals surface area contributed by atoms with Crippen LogP contribution in [0, 0.1) is 22.7 Å². The molecular formula is C53H39N7. The van der Waals surface area contributed by atoms with Crippen molar-refractivity contribution in [2.45, 2.75) is 38.5 Å². The summed E-state index contributed by atoms with van der Waals surface area (Å²) in [5.41, 5.74) is 14.0. The molecular weight excluding hydrogens is 735 g/mol. The standard InChI is InChI=1S/C53H39N7/c1-52(2)39-21-5-9-25-45(39)59(46-26-10-6-22-40(46)52)49-34(31-54)16-13-19-37(49)43-30-44(58-51(57-43)36-18-15-29-56-33-36)38-20-14-17-35(32-55)50(38)60-47-27-11-7-23-41(47)53(3,4)42-24-8-12-28-48(42)60/h5-30,33H,1-4H3. The highest BCUT2D eigenvalue weighted by Gasteiger charge is 2.40. The molecule has 0 N–H and O–H groups in total. The number of para-hydroxylation sites is 6. The Morgan fingerprint density at radius 2 is 0.867 bits per heavy atom. The number of hydrogen-bond donors (Lipinski definition) is 0. The highest BCUT2D eigenvalue weighted by atomic mass is 15.2. The van der Waals surface area contributed by atoms with Crippen molar-refractivity contribution in [2.24, 2.45) is 0 Å². The molecule has 0 radical (unpaired) electrons. The molecule has 0 aliphatic carbocycles. The van der Waals surface area contributed by atoms with Crippen LogP contribution in [0.5, 0.6) is 0 Å². The Balaban J connectivity index is 1.26. The minimum Gasteiger partial charge on any atom is -0.308 e. The summed E-state index contributed by atoms with van der Waals surface area (Å²) in [7, 11) is 0. The first-order valence-electron chi connectivity index (χ1n) is 20.1. The van der Waals surface area contributed by atoms with E-state index in [9.17, 15) is 10.5 Å². The quantitative estimate of drug-likeness (QED) is 0.172. The van der Waals surface area contributed by atoms with Gasteiger partial charge in [0.1, 0.15) is 12.1 Å². The van der Waals surface area contributed by atoms with Gasteiger partial charge in [-0.1, -0.05) is 125 Å². The Morgan fingerprint density at radius 1 is 0.467 bits per heavy atom. The van der Waals surface area contributed by atoms with Gasteiger partial charge in [0.05, 0.1) is 56.6 Å². The lowest BCUT2D eigenvalue weighted by atomic mass is 9.73. The monoisotopic (exact) mass is 773 g/mol. The van der Waals surface area contributed by atoms with Crippen LogP contribution in [0.4, 0.5) is 34.1 Å². The summed E-state index contributed by atoms with van der Waals surface area (Å²) in [6.45, 7) is 9.01. The summed E-state index contributed by atoms with van der Waals surface area (Å²) < 4.78 is 0. The minimum absolute atomic E-state index is 0.288. The Labute approximate surface area is 350 Å². The van der Waals surface area contributed by atoms with E-state index in [2.05, 4.69) is 152 Å². The van der Waals surface area contributed by atoms with Crippen LogP contribution in [-0.2, 0) is 10.8 Å². The molecule has 6 aromatic carbocycles. The van der Waals surface area contributed by atoms with Crippen LogP contribution in [0.2, 0.25) is 0 Å². The molecule has 10 rings (SSSR count). The fourth-order valence-corrected chi connectivity index (χ4v) is 9.33. The zero-order valence-electron chi connectivity index (χ0n) is 33.7.